The standard InChI is InChI=1S/C25H24F3N3O5/c1-2-11-36-17-7-3-14(4-8-17)22(32)18-9-5-15(21(18)24(34)35)13-31-23(33)19-12-16(25(26,27)28)6-10-20(19)29-30-31/h3-4,6-8,10,12,15,18,21H,2,5,9,11,13H2,1H3,(H,34,35). The van der Waals surface area contributed by atoms with Crippen LogP contribution >= 0.6 is 0 Å². The minimum absolute atomic E-state index is 0.00451. The normalized spacial score (nSPS) is 19.9. The topological polar surface area (TPSA) is 111 Å². The van der Waals surface area contributed by atoms with Gasteiger partial charge in [0.1, 0.15) is 11.3 Å². The van der Waals surface area contributed by atoms with Gasteiger partial charge in [-0.2, -0.15) is 13.2 Å². The average Bonchev–Trinajstić information content (AvgIpc) is 3.27. The number of aromatic nitrogens is 3. The summed E-state index contributed by atoms with van der Waals surface area (Å²) >= 11 is 0. The summed E-state index contributed by atoms with van der Waals surface area (Å²) in [5.41, 5.74) is -1.43. The second-order valence-electron chi connectivity index (χ2n) is 8.85. The Morgan fingerprint density at radius 1 is 1.14 bits per heavy atom. The zero-order valence-electron chi connectivity index (χ0n) is 19.4. The molecule has 1 N–H and O–H groups in total. The molecule has 1 fully saturated rings. The third-order valence-corrected chi connectivity index (χ3v) is 6.48. The summed E-state index contributed by atoms with van der Waals surface area (Å²) in [6, 6.07) is 9.10. The molecule has 1 aliphatic carbocycles. The van der Waals surface area contributed by atoms with Gasteiger partial charge in [-0.3, -0.25) is 14.4 Å². The van der Waals surface area contributed by atoms with Crippen LogP contribution in [0.5, 0.6) is 5.75 Å². The number of ketones is 1. The number of aliphatic carboxylic acids is 1. The Morgan fingerprint density at radius 2 is 1.86 bits per heavy atom. The molecule has 190 valence electrons. The van der Waals surface area contributed by atoms with Crippen LogP contribution in [0, 0.1) is 17.8 Å². The third kappa shape index (κ3) is 5.09. The molecule has 0 spiro atoms. The molecule has 3 unspecified atom stereocenters. The first-order valence-corrected chi connectivity index (χ1v) is 11.5. The molecule has 36 heavy (non-hydrogen) atoms. The van der Waals surface area contributed by atoms with E-state index in [4.69, 9.17) is 4.74 Å². The number of hydrogen-bond donors (Lipinski definition) is 1. The number of carbonyl (C=O) groups excluding carboxylic acids is 1. The lowest BCUT2D eigenvalue weighted by Gasteiger charge is -2.20. The van der Waals surface area contributed by atoms with Crippen LogP contribution in [0.2, 0.25) is 0 Å². The predicted octanol–water partition coefficient (Wildman–Crippen LogP) is 4.21. The number of Topliss-reactive ketones (excluding diaryl/α,β-unsaturated/α-hetero) is 1. The van der Waals surface area contributed by atoms with Gasteiger partial charge in [0.2, 0.25) is 0 Å². The van der Waals surface area contributed by atoms with Gasteiger partial charge in [0.25, 0.3) is 5.56 Å². The molecule has 0 amide bonds. The molecule has 4 rings (SSSR count). The Balaban J connectivity index is 1.57. The van der Waals surface area contributed by atoms with E-state index in [0.717, 1.165) is 23.2 Å². The number of carbonyl (C=O) groups is 2. The van der Waals surface area contributed by atoms with Crippen molar-refractivity contribution in [1.29, 1.82) is 0 Å². The summed E-state index contributed by atoms with van der Waals surface area (Å²) < 4.78 is 45.7. The van der Waals surface area contributed by atoms with Crippen LogP contribution in [0.15, 0.2) is 47.3 Å². The van der Waals surface area contributed by atoms with Crippen LogP contribution in [-0.2, 0) is 17.5 Å². The molecule has 11 heteroatoms. The first kappa shape index (κ1) is 25.3. The number of nitrogens with zero attached hydrogens (tertiary/aromatic N) is 3. The predicted molar refractivity (Wildman–Crippen MR) is 123 cm³/mol. The van der Waals surface area contributed by atoms with Gasteiger partial charge in [-0.15, -0.1) is 5.10 Å². The number of alkyl halides is 3. The quantitative estimate of drug-likeness (QED) is 0.459. The molecule has 1 saturated carbocycles. The van der Waals surface area contributed by atoms with E-state index in [2.05, 4.69) is 10.3 Å². The fourth-order valence-corrected chi connectivity index (χ4v) is 4.70. The van der Waals surface area contributed by atoms with Crippen molar-refractivity contribution in [3.63, 3.8) is 0 Å². The summed E-state index contributed by atoms with van der Waals surface area (Å²) in [6.07, 6.45) is -3.18. The van der Waals surface area contributed by atoms with Crippen LogP contribution in [0.3, 0.4) is 0 Å². The first-order valence-electron chi connectivity index (χ1n) is 11.5. The number of halogens is 3. The van der Waals surface area contributed by atoms with Crippen LogP contribution in [0.25, 0.3) is 10.9 Å². The van der Waals surface area contributed by atoms with E-state index < -0.39 is 41.0 Å². The van der Waals surface area contributed by atoms with Gasteiger partial charge in [-0.1, -0.05) is 12.1 Å². The van der Waals surface area contributed by atoms with Gasteiger partial charge in [-0.05, 0) is 67.6 Å². The Bertz CT molecular complexity index is 1340. The van der Waals surface area contributed by atoms with Crippen LogP contribution < -0.4 is 10.3 Å². The molecule has 2 aromatic carbocycles. The maximum Gasteiger partial charge on any atom is 0.416 e. The number of carboxylic acid groups (broad SMARTS) is 1. The molecule has 1 aromatic heterocycles. The number of ether oxygens (including phenoxy) is 1. The summed E-state index contributed by atoms with van der Waals surface area (Å²) in [5.74, 6) is -3.41. The summed E-state index contributed by atoms with van der Waals surface area (Å²) in [5, 5.41) is 17.3. The van der Waals surface area contributed by atoms with Gasteiger partial charge in [0.15, 0.2) is 5.78 Å². The fraction of sp³-hybridized carbons (Fsp3) is 0.400. The highest BCUT2D eigenvalue weighted by Gasteiger charge is 2.45. The second-order valence-corrected chi connectivity index (χ2v) is 8.85. The average molecular weight is 503 g/mol. The van der Waals surface area contributed by atoms with Crippen molar-refractivity contribution in [2.75, 3.05) is 6.61 Å². The van der Waals surface area contributed by atoms with E-state index >= 15 is 0 Å². The van der Waals surface area contributed by atoms with E-state index in [9.17, 15) is 32.7 Å². The van der Waals surface area contributed by atoms with Crippen molar-refractivity contribution in [2.24, 2.45) is 17.8 Å². The van der Waals surface area contributed by atoms with E-state index in [1.165, 1.54) is 0 Å². The highest BCUT2D eigenvalue weighted by molar-refractivity contribution is 6.00. The molecule has 0 radical (unpaired) electrons. The van der Waals surface area contributed by atoms with Crippen molar-refractivity contribution in [3.8, 4) is 5.75 Å². The van der Waals surface area contributed by atoms with Crippen LogP contribution in [0.4, 0.5) is 13.2 Å². The van der Waals surface area contributed by atoms with Gasteiger partial charge in [0.05, 0.1) is 30.0 Å². The molecule has 3 atom stereocenters. The minimum Gasteiger partial charge on any atom is -0.494 e. The lowest BCUT2D eigenvalue weighted by Crippen LogP contribution is -2.34. The number of fused-ring (bicyclic) bond motifs is 1. The van der Waals surface area contributed by atoms with Crippen molar-refractivity contribution < 1.29 is 32.6 Å². The molecule has 1 heterocycles. The molecule has 1 aliphatic rings. The Morgan fingerprint density at radius 3 is 2.50 bits per heavy atom. The maximum atomic E-state index is 13.2. The molecule has 8 nitrogen and oxygen atoms in total. The minimum atomic E-state index is -4.64. The first-order chi connectivity index (χ1) is 17.1. The van der Waals surface area contributed by atoms with Crippen molar-refractivity contribution in [1.82, 2.24) is 15.0 Å². The van der Waals surface area contributed by atoms with Gasteiger partial charge in [-0.25, -0.2) is 4.68 Å². The van der Waals surface area contributed by atoms with Gasteiger partial charge in [0, 0.05) is 11.5 Å². The Labute approximate surface area is 203 Å². The lowest BCUT2D eigenvalue weighted by atomic mass is 9.84. The van der Waals surface area contributed by atoms with Gasteiger partial charge >= 0.3 is 12.1 Å². The smallest absolute Gasteiger partial charge is 0.416 e. The highest BCUT2D eigenvalue weighted by atomic mass is 19.4. The molecule has 0 saturated heterocycles. The van der Waals surface area contributed by atoms with Crippen molar-refractivity contribution in [2.45, 2.75) is 38.9 Å². The van der Waals surface area contributed by atoms with Crippen molar-refractivity contribution in [3.05, 3.63) is 63.9 Å². The Hall–Kier alpha value is -3.76. The summed E-state index contributed by atoms with van der Waals surface area (Å²) in [6.45, 7) is 2.33. The number of hydrogen-bond acceptors (Lipinski definition) is 6. The van der Waals surface area contributed by atoms with E-state index in [0.29, 0.717) is 36.8 Å². The monoisotopic (exact) mass is 503 g/mol. The highest BCUT2D eigenvalue weighted by Crippen LogP contribution is 2.40. The number of carboxylic acids is 1. The van der Waals surface area contributed by atoms with Crippen LogP contribution in [0.1, 0.15) is 42.1 Å². The molecular weight excluding hydrogens is 479 g/mol. The van der Waals surface area contributed by atoms with Crippen LogP contribution in [-0.4, -0.2) is 38.5 Å². The van der Waals surface area contributed by atoms with Crippen molar-refractivity contribution >= 4 is 22.7 Å². The fourth-order valence-electron chi connectivity index (χ4n) is 4.70. The molecule has 0 bridgehead atoms. The molecule has 0 aliphatic heterocycles. The van der Waals surface area contributed by atoms with E-state index in [1.54, 1.807) is 24.3 Å². The zero-order chi connectivity index (χ0) is 26.0. The number of rotatable bonds is 8. The second kappa shape index (κ2) is 10.1. The third-order valence-electron chi connectivity index (χ3n) is 6.48. The summed E-state index contributed by atoms with van der Waals surface area (Å²) in [7, 11) is 0. The molecular formula is C25H24F3N3O5. The lowest BCUT2D eigenvalue weighted by molar-refractivity contribution is -0.144. The molecule has 3 aromatic rings. The Kier molecular flexibility index (Phi) is 7.09. The van der Waals surface area contributed by atoms with Gasteiger partial charge < -0.3 is 9.84 Å². The summed E-state index contributed by atoms with van der Waals surface area (Å²) in [4.78, 5) is 38.2. The SMILES string of the molecule is CCCOc1ccc(C(=O)C2CCC(Cn3nnc4ccc(C(F)(F)F)cc4c3=O)C2C(=O)O)cc1. The van der Waals surface area contributed by atoms with E-state index in [-0.39, 0.29) is 23.2 Å². The largest absolute Gasteiger partial charge is 0.494 e. The maximum absolute atomic E-state index is 13.2. The van der Waals surface area contributed by atoms with E-state index in [1.807, 2.05) is 6.92 Å². The number of benzene rings is 2. The zero-order valence-corrected chi connectivity index (χ0v) is 19.4.